The van der Waals surface area contributed by atoms with Crippen molar-refractivity contribution in [3.05, 3.63) is 33.8 Å². The number of amides is 1. The van der Waals surface area contributed by atoms with E-state index in [1.165, 1.54) is 0 Å². The first-order valence-electron chi connectivity index (χ1n) is 5.85. The van der Waals surface area contributed by atoms with Crippen LogP contribution in [0.4, 0.5) is 0 Å². The number of aliphatic hydroxyl groups is 1. The first-order valence-corrected chi connectivity index (χ1v) is 7.79. The number of aryl methyl sites for hydroxylation is 1. The van der Waals surface area contributed by atoms with E-state index in [9.17, 15) is 9.90 Å². The van der Waals surface area contributed by atoms with Gasteiger partial charge in [-0.1, -0.05) is 22.0 Å². The molecule has 1 aromatic carbocycles. The van der Waals surface area contributed by atoms with Crippen molar-refractivity contribution in [1.29, 1.82) is 0 Å². The summed E-state index contributed by atoms with van der Waals surface area (Å²) in [6.07, 6.45) is 0.746. The van der Waals surface area contributed by atoms with Gasteiger partial charge in [-0.05, 0) is 36.8 Å². The summed E-state index contributed by atoms with van der Waals surface area (Å²) in [7, 11) is 0. The summed E-state index contributed by atoms with van der Waals surface area (Å²) < 4.78 is 0.922. The second-order valence-corrected chi connectivity index (χ2v) is 6.63. The monoisotopic (exact) mass is 329 g/mol. The lowest BCUT2D eigenvalue weighted by molar-refractivity contribution is 0.0612. The molecule has 5 heteroatoms. The molecule has 2 rings (SSSR count). The molecule has 0 spiro atoms. The number of halogens is 1. The van der Waals surface area contributed by atoms with E-state index < -0.39 is 5.60 Å². The molecule has 1 amide bonds. The third kappa shape index (κ3) is 3.28. The van der Waals surface area contributed by atoms with Crippen LogP contribution in [0.15, 0.2) is 22.7 Å². The van der Waals surface area contributed by atoms with Crippen molar-refractivity contribution in [2.75, 3.05) is 18.1 Å². The fourth-order valence-corrected chi connectivity index (χ4v) is 3.49. The second kappa shape index (κ2) is 5.63. The molecule has 0 saturated carbocycles. The molecule has 0 aliphatic carbocycles. The van der Waals surface area contributed by atoms with E-state index in [2.05, 4.69) is 21.2 Å². The van der Waals surface area contributed by atoms with Crippen LogP contribution >= 0.6 is 27.7 Å². The molecular weight excluding hydrogens is 314 g/mol. The minimum absolute atomic E-state index is 0.138. The molecule has 1 aromatic rings. The number of hydrogen-bond donors (Lipinski definition) is 2. The van der Waals surface area contributed by atoms with Gasteiger partial charge in [-0.25, -0.2) is 0 Å². The lowest BCUT2D eigenvalue weighted by Crippen LogP contribution is -2.42. The van der Waals surface area contributed by atoms with E-state index in [0.29, 0.717) is 17.9 Å². The SMILES string of the molecule is Cc1ccc(C(=O)NCC2(O)CCSC2)cc1Br. The molecule has 1 aliphatic heterocycles. The Hall–Kier alpha value is -0.520. The van der Waals surface area contributed by atoms with Gasteiger partial charge in [0, 0.05) is 22.3 Å². The van der Waals surface area contributed by atoms with Gasteiger partial charge in [0.15, 0.2) is 0 Å². The molecule has 2 N–H and O–H groups in total. The van der Waals surface area contributed by atoms with Crippen LogP contribution in [0.25, 0.3) is 0 Å². The number of carbonyl (C=O) groups excluding carboxylic acids is 1. The zero-order chi connectivity index (χ0) is 13.2. The van der Waals surface area contributed by atoms with Crippen LogP contribution in [0, 0.1) is 6.92 Å². The van der Waals surface area contributed by atoms with Crippen molar-refractivity contribution in [2.45, 2.75) is 18.9 Å². The molecule has 1 saturated heterocycles. The quantitative estimate of drug-likeness (QED) is 0.894. The Morgan fingerprint density at radius 1 is 1.61 bits per heavy atom. The molecule has 1 heterocycles. The summed E-state index contributed by atoms with van der Waals surface area (Å²) in [6, 6.07) is 5.50. The lowest BCUT2D eigenvalue weighted by Gasteiger charge is -2.21. The first kappa shape index (κ1) is 13.9. The standard InChI is InChI=1S/C13H16BrNO2S/c1-9-2-3-10(6-11(9)14)12(16)15-7-13(17)4-5-18-8-13/h2-3,6,17H,4-5,7-8H2,1H3,(H,15,16). The highest BCUT2D eigenvalue weighted by atomic mass is 79.9. The van der Waals surface area contributed by atoms with Gasteiger partial charge >= 0.3 is 0 Å². The Bertz CT molecular complexity index is 458. The van der Waals surface area contributed by atoms with Gasteiger partial charge in [0.25, 0.3) is 5.91 Å². The van der Waals surface area contributed by atoms with Crippen molar-refractivity contribution >= 4 is 33.6 Å². The van der Waals surface area contributed by atoms with Crippen LogP contribution in [0.3, 0.4) is 0 Å². The van der Waals surface area contributed by atoms with E-state index in [0.717, 1.165) is 22.2 Å². The Morgan fingerprint density at radius 3 is 3.00 bits per heavy atom. The topological polar surface area (TPSA) is 49.3 Å². The van der Waals surface area contributed by atoms with Crippen molar-refractivity contribution < 1.29 is 9.90 Å². The maximum Gasteiger partial charge on any atom is 0.251 e. The second-order valence-electron chi connectivity index (χ2n) is 4.67. The summed E-state index contributed by atoms with van der Waals surface area (Å²) in [6.45, 7) is 2.30. The van der Waals surface area contributed by atoms with Gasteiger partial charge in [-0.15, -0.1) is 0 Å². The van der Waals surface area contributed by atoms with Gasteiger partial charge in [-0.2, -0.15) is 11.8 Å². The summed E-state index contributed by atoms with van der Waals surface area (Å²) in [4.78, 5) is 12.0. The van der Waals surface area contributed by atoms with Crippen LogP contribution in [0.5, 0.6) is 0 Å². The Kier molecular flexibility index (Phi) is 4.35. The van der Waals surface area contributed by atoms with Crippen molar-refractivity contribution in [1.82, 2.24) is 5.32 Å². The zero-order valence-electron chi connectivity index (χ0n) is 10.2. The molecule has 1 fully saturated rings. The van der Waals surface area contributed by atoms with E-state index in [1.54, 1.807) is 23.9 Å². The van der Waals surface area contributed by atoms with Crippen molar-refractivity contribution in [3.63, 3.8) is 0 Å². The molecule has 98 valence electrons. The number of carbonyl (C=O) groups is 1. The number of rotatable bonds is 3. The summed E-state index contributed by atoms with van der Waals surface area (Å²) in [5.41, 5.74) is 0.974. The van der Waals surface area contributed by atoms with Crippen LogP contribution in [0.2, 0.25) is 0 Å². The Balaban J connectivity index is 1.97. The largest absolute Gasteiger partial charge is 0.387 e. The molecule has 3 nitrogen and oxygen atoms in total. The van der Waals surface area contributed by atoms with Crippen LogP contribution < -0.4 is 5.32 Å². The fourth-order valence-electron chi connectivity index (χ4n) is 1.82. The van der Waals surface area contributed by atoms with E-state index >= 15 is 0 Å². The van der Waals surface area contributed by atoms with E-state index in [-0.39, 0.29) is 5.91 Å². The minimum atomic E-state index is -0.734. The lowest BCUT2D eigenvalue weighted by atomic mass is 10.0. The van der Waals surface area contributed by atoms with Gasteiger partial charge in [0.1, 0.15) is 0 Å². The number of hydrogen-bond acceptors (Lipinski definition) is 3. The average Bonchev–Trinajstić information content (AvgIpc) is 2.77. The molecule has 0 bridgehead atoms. The van der Waals surface area contributed by atoms with Crippen LogP contribution in [0.1, 0.15) is 22.3 Å². The molecule has 1 aliphatic rings. The highest BCUT2D eigenvalue weighted by Crippen LogP contribution is 2.27. The Labute approximate surface area is 119 Å². The fraction of sp³-hybridized carbons (Fsp3) is 0.462. The summed E-state index contributed by atoms with van der Waals surface area (Å²) in [5, 5.41) is 12.9. The maximum absolute atomic E-state index is 12.0. The van der Waals surface area contributed by atoms with Crippen molar-refractivity contribution in [3.8, 4) is 0 Å². The summed E-state index contributed by atoms with van der Waals surface area (Å²) in [5.74, 6) is 1.52. The maximum atomic E-state index is 12.0. The van der Waals surface area contributed by atoms with Gasteiger partial charge in [0.2, 0.25) is 0 Å². The van der Waals surface area contributed by atoms with Gasteiger partial charge < -0.3 is 10.4 Å². The van der Waals surface area contributed by atoms with Gasteiger partial charge in [0.05, 0.1) is 5.60 Å². The third-order valence-electron chi connectivity index (χ3n) is 3.09. The Morgan fingerprint density at radius 2 is 2.39 bits per heavy atom. The molecule has 0 radical (unpaired) electrons. The van der Waals surface area contributed by atoms with Crippen LogP contribution in [-0.2, 0) is 0 Å². The molecule has 1 unspecified atom stereocenters. The molecule has 1 atom stereocenters. The smallest absolute Gasteiger partial charge is 0.251 e. The number of nitrogens with one attached hydrogen (secondary N) is 1. The first-order chi connectivity index (χ1) is 8.50. The highest BCUT2D eigenvalue weighted by Gasteiger charge is 2.32. The predicted octanol–water partition coefficient (Wildman–Crippen LogP) is 2.36. The summed E-state index contributed by atoms with van der Waals surface area (Å²) >= 11 is 5.13. The minimum Gasteiger partial charge on any atom is -0.387 e. The van der Waals surface area contributed by atoms with Crippen molar-refractivity contribution in [2.24, 2.45) is 0 Å². The highest BCUT2D eigenvalue weighted by molar-refractivity contribution is 9.10. The van der Waals surface area contributed by atoms with E-state index in [4.69, 9.17) is 0 Å². The molecular formula is C13H16BrNO2S. The third-order valence-corrected chi connectivity index (χ3v) is 5.18. The molecule has 0 aromatic heterocycles. The van der Waals surface area contributed by atoms with E-state index in [1.807, 2.05) is 13.0 Å². The number of benzene rings is 1. The van der Waals surface area contributed by atoms with Gasteiger partial charge in [-0.3, -0.25) is 4.79 Å². The predicted molar refractivity (Wildman–Crippen MR) is 78.1 cm³/mol. The normalized spacial score (nSPS) is 23.1. The average molecular weight is 330 g/mol. The number of thioether (sulfide) groups is 1. The molecule has 18 heavy (non-hydrogen) atoms. The zero-order valence-corrected chi connectivity index (χ0v) is 12.6. The van der Waals surface area contributed by atoms with Crippen LogP contribution in [-0.4, -0.2) is 34.7 Å².